The summed E-state index contributed by atoms with van der Waals surface area (Å²) >= 11 is 0. The molecule has 1 amide bonds. The van der Waals surface area contributed by atoms with Crippen LogP contribution in [-0.2, 0) is 4.79 Å². The zero-order valence-electron chi connectivity index (χ0n) is 12.4. The third kappa shape index (κ3) is 5.52. The maximum absolute atomic E-state index is 11.8. The second kappa shape index (κ2) is 7.88. The van der Waals surface area contributed by atoms with Crippen molar-refractivity contribution in [1.29, 1.82) is 0 Å². The van der Waals surface area contributed by atoms with Crippen LogP contribution in [0.1, 0.15) is 58.3 Å². The molecule has 2 rings (SSSR count). The molecule has 0 spiro atoms. The highest BCUT2D eigenvalue weighted by Crippen LogP contribution is 2.29. The highest BCUT2D eigenvalue weighted by atomic mass is 16.1. The Morgan fingerprint density at radius 3 is 2.58 bits per heavy atom. The summed E-state index contributed by atoms with van der Waals surface area (Å²) in [6.45, 7) is 5.48. The van der Waals surface area contributed by atoms with Gasteiger partial charge in [0, 0.05) is 13.0 Å². The normalized spacial score (nSPS) is 31.3. The lowest BCUT2D eigenvalue weighted by Crippen LogP contribution is -2.27. The van der Waals surface area contributed by atoms with Crippen LogP contribution in [0.2, 0.25) is 0 Å². The van der Waals surface area contributed by atoms with Crippen molar-refractivity contribution in [2.75, 3.05) is 19.6 Å². The third-order valence-corrected chi connectivity index (χ3v) is 4.95. The van der Waals surface area contributed by atoms with E-state index in [4.69, 9.17) is 0 Å². The van der Waals surface area contributed by atoms with E-state index in [2.05, 4.69) is 17.6 Å². The molecule has 110 valence electrons. The molecule has 2 N–H and O–H groups in total. The Labute approximate surface area is 117 Å². The minimum absolute atomic E-state index is 0.260. The predicted octanol–water partition coefficient (Wildman–Crippen LogP) is 2.71. The Bertz CT molecular complexity index is 266. The van der Waals surface area contributed by atoms with Gasteiger partial charge in [-0.1, -0.05) is 32.6 Å². The van der Waals surface area contributed by atoms with Crippen molar-refractivity contribution in [2.24, 2.45) is 17.8 Å². The largest absolute Gasteiger partial charge is 0.356 e. The van der Waals surface area contributed by atoms with Crippen LogP contribution < -0.4 is 10.6 Å². The molecule has 0 aromatic carbocycles. The van der Waals surface area contributed by atoms with Crippen LogP contribution >= 0.6 is 0 Å². The summed E-state index contributed by atoms with van der Waals surface area (Å²) in [6, 6.07) is 0. The van der Waals surface area contributed by atoms with Crippen molar-refractivity contribution in [2.45, 2.75) is 58.3 Å². The van der Waals surface area contributed by atoms with Crippen molar-refractivity contribution in [1.82, 2.24) is 10.6 Å². The van der Waals surface area contributed by atoms with E-state index in [1.807, 2.05) is 0 Å². The standard InChI is InChI=1S/C16H30N2O/c1-13-2-4-14(5-3-13)9-11-18-16(19)7-6-15-8-10-17-12-15/h13-15,17H,2-12H2,1H3,(H,18,19). The molecule has 0 bridgehead atoms. The molecule has 1 saturated carbocycles. The topological polar surface area (TPSA) is 41.1 Å². The molecule has 0 radical (unpaired) electrons. The number of amides is 1. The summed E-state index contributed by atoms with van der Waals surface area (Å²) in [4.78, 5) is 11.8. The molecule has 3 heteroatoms. The molecule has 2 aliphatic rings. The van der Waals surface area contributed by atoms with Gasteiger partial charge in [-0.3, -0.25) is 4.79 Å². The fraction of sp³-hybridized carbons (Fsp3) is 0.938. The zero-order chi connectivity index (χ0) is 13.5. The summed E-state index contributed by atoms with van der Waals surface area (Å²) in [6.07, 6.45) is 9.70. The first-order chi connectivity index (χ1) is 9.24. The predicted molar refractivity (Wildman–Crippen MR) is 79.0 cm³/mol. The van der Waals surface area contributed by atoms with E-state index in [1.54, 1.807) is 0 Å². The van der Waals surface area contributed by atoms with Gasteiger partial charge in [-0.25, -0.2) is 0 Å². The summed E-state index contributed by atoms with van der Waals surface area (Å²) < 4.78 is 0. The molecule has 1 heterocycles. The van der Waals surface area contributed by atoms with Gasteiger partial charge in [0.25, 0.3) is 0 Å². The van der Waals surface area contributed by atoms with Crippen LogP contribution in [0.15, 0.2) is 0 Å². The van der Waals surface area contributed by atoms with Crippen molar-refractivity contribution < 1.29 is 4.79 Å². The summed E-state index contributed by atoms with van der Waals surface area (Å²) in [5, 5.41) is 6.46. The zero-order valence-corrected chi connectivity index (χ0v) is 12.4. The number of carbonyl (C=O) groups excluding carboxylic acids is 1. The number of rotatable bonds is 6. The summed E-state index contributed by atoms with van der Waals surface area (Å²) in [5.41, 5.74) is 0. The van der Waals surface area contributed by atoms with Crippen molar-refractivity contribution in [3.05, 3.63) is 0 Å². The Morgan fingerprint density at radius 1 is 1.11 bits per heavy atom. The molecule has 1 aliphatic heterocycles. The van der Waals surface area contributed by atoms with E-state index < -0.39 is 0 Å². The minimum atomic E-state index is 0.260. The molecule has 2 fully saturated rings. The lowest BCUT2D eigenvalue weighted by atomic mass is 9.81. The van der Waals surface area contributed by atoms with E-state index in [1.165, 1.54) is 38.5 Å². The van der Waals surface area contributed by atoms with Crippen LogP contribution in [-0.4, -0.2) is 25.5 Å². The van der Waals surface area contributed by atoms with E-state index in [-0.39, 0.29) is 5.91 Å². The van der Waals surface area contributed by atoms with Gasteiger partial charge in [0.05, 0.1) is 0 Å². The third-order valence-electron chi connectivity index (χ3n) is 4.95. The van der Waals surface area contributed by atoms with Gasteiger partial charge in [-0.05, 0) is 50.1 Å². The van der Waals surface area contributed by atoms with Gasteiger partial charge in [-0.2, -0.15) is 0 Å². The molecule has 1 unspecified atom stereocenters. The lowest BCUT2D eigenvalue weighted by Gasteiger charge is -2.26. The second-order valence-corrected chi connectivity index (χ2v) is 6.66. The molecule has 0 aromatic rings. The van der Waals surface area contributed by atoms with Crippen LogP contribution in [0.5, 0.6) is 0 Å². The van der Waals surface area contributed by atoms with Gasteiger partial charge in [-0.15, -0.1) is 0 Å². The number of carbonyl (C=O) groups is 1. The average Bonchev–Trinajstić information content (AvgIpc) is 2.92. The quantitative estimate of drug-likeness (QED) is 0.776. The van der Waals surface area contributed by atoms with Crippen molar-refractivity contribution in [3.8, 4) is 0 Å². The first-order valence-corrected chi connectivity index (χ1v) is 8.21. The lowest BCUT2D eigenvalue weighted by molar-refractivity contribution is -0.121. The first-order valence-electron chi connectivity index (χ1n) is 8.21. The van der Waals surface area contributed by atoms with Crippen molar-refractivity contribution in [3.63, 3.8) is 0 Å². The van der Waals surface area contributed by atoms with Gasteiger partial charge < -0.3 is 10.6 Å². The maximum atomic E-state index is 11.8. The second-order valence-electron chi connectivity index (χ2n) is 6.66. The molecule has 0 aromatic heterocycles. The van der Waals surface area contributed by atoms with E-state index in [9.17, 15) is 4.79 Å². The van der Waals surface area contributed by atoms with Crippen molar-refractivity contribution >= 4 is 5.91 Å². The highest BCUT2D eigenvalue weighted by molar-refractivity contribution is 5.75. The van der Waals surface area contributed by atoms with E-state index in [0.29, 0.717) is 6.42 Å². The molecule has 19 heavy (non-hydrogen) atoms. The van der Waals surface area contributed by atoms with Gasteiger partial charge in [0.2, 0.25) is 5.91 Å². The monoisotopic (exact) mass is 266 g/mol. The van der Waals surface area contributed by atoms with E-state index in [0.717, 1.165) is 43.8 Å². The number of hydrogen-bond donors (Lipinski definition) is 2. The molecular weight excluding hydrogens is 236 g/mol. The number of nitrogens with one attached hydrogen (secondary N) is 2. The van der Waals surface area contributed by atoms with Crippen LogP contribution in [0.25, 0.3) is 0 Å². The Kier molecular flexibility index (Phi) is 6.15. The van der Waals surface area contributed by atoms with Gasteiger partial charge >= 0.3 is 0 Å². The van der Waals surface area contributed by atoms with Gasteiger partial charge in [0.1, 0.15) is 0 Å². The first kappa shape index (κ1) is 14.8. The molecule has 3 nitrogen and oxygen atoms in total. The molecule has 1 aliphatic carbocycles. The Balaban J connectivity index is 1.49. The smallest absolute Gasteiger partial charge is 0.220 e. The van der Waals surface area contributed by atoms with E-state index >= 15 is 0 Å². The average molecular weight is 266 g/mol. The van der Waals surface area contributed by atoms with Crippen LogP contribution in [0.4, 0.5) is 0 Å². The minimum Gasteiger partial charge on any atom is -0.356 e. The summed E-state index contributed by atoms with van der Waals surface area (Å²) in [5.74, 6) is 2.77. The van der Waals surface area contributed by atoms with Gasteiger partial charge in [0.15, 0.2) is 0 Å². The van der Waals surface area contributed by atoms with Crippen LogP contribution in [0, 0.1) is 17.8 Å². The maximum Gasteiger partial charge on any atom is 0.220 e. The Morgan fingerprint density at radius 2 is 1.89 bits per heavy atom. The number of hydrogen-bond acceptors (Lipinski definition) is 2. The fourth-order valence-electron chi connectivity index (χ4n) is 3.42. The summed E-state index contributed by atoms with van der Waals surface area (Å²) in [7, 11) is 0. The SMILES string of the molecule is CC1CCC(CCNC(=O)CCC2CCNC2)CC1. The Hall–Kier alpha value is -0.570. The molecule has 1 saturated heterocycles. The fourth-order valence-corrected chi connectivity index (χ4v) is 3.42. The molecular formula is C16H30N2O. The highest BCUT2D eigenvalue weighted by Gasteiger charge is 2.18. The molecule has 1 atom stereocenters. The van der Waals surface area contributed by atoms with Crippen LogP contribution in [0.3, 0.4) is 0 Å².